The van der Waals surface area contributed by atoms with Crippen LogP contribution in [0.15, 0.2) is 150 Å². The predicted molar refractivity (Wildman–Crippen MR) is 272 cm³/mol. The molecule has 0 unspecified atom stereocenters. The van der Waals surface area contributed by atoms with E-state index < -0.39 is 79.1 Å². The summed E-state index contributed by atoms with van der Waals surface area (Å²) in [6.07, 6.45) is -9.44. The van der Waals surface area contributed by atoms with Gasteiger partial charge in [0.25, 0.3) is 0 Å². The van der Waals surface area contributed by atoms with Gasteiger partial charge in [0, 0.05) is 5.66 Å². The van der Waals surface area contributed by atoms with E-state index in [2.05, 4.69) is 0 Å². The summed E-state index contributed by atoms with van der Waals surface area (Å²) in [4.78, 5) is 0. The number of hydrogen-bond acceptors (Lipinski definition) is 2. The fourth-order valence-corrected chi connectivity index (χ4v) is 14.0. The normalized spacial score (nSPS) is 14.8. The second-order valence-corrected chi connectivity index (χ2v) is 20.7. The minimum Gasteiger partial charge on any atom is -0.496 e. The molecule has 5 aromatic rings. The summed E-state index contributed by atoms with van der Waals surface area (Å²) in [6.45, 7) is 13.0. The summed E-state index contributed by atoms with van der Waals surface area (Å²) in [5.41, 5.74) is -2.87. The van der Waals surface area contributed by atoms with Crippen molar-refractivity contribution in [3.05, 3.63) is 215 Å². The van der Waals surface area contributed by atoms with Crippen LogP contribution in [-0.4, -0.2) is 19.9 Å². The van der Waals surface area contributed by atoms with Gasteiger partial charge < -0.3 is 24.3 Å². The Morgan fingerprint density at radius 3 is 1.21 bits per heavy atom. The quantitative estimate of drug-likeness (QED) is 0.0634. The third-order valence-electron chi connectivity index (χ3n) is 11.2. The van der Waals surface area contributed by atoms with Gasteiger partial charge in [0.1, 0.15) is 11.5 Å². The molecule has 7 rings (SSSR count). The molecule has 0 fully saturated rings. The number of methoxy groups -OCH3 is 2. The van der Waals surface area contributed by atoms with Crippen LogP contribution in [-0.2, 0) is 41.8 Å². The number of rotatable bonds is 9. The summed E-state index contributed by atoms with van der Waals surface area (Å²) in [5.74, 6) is 1.35. The average Bonchev–Trinajstić information content (AvgIpc) is 4.03. The van der Waals surface area contributed by atoms with Crippen molar-refractivity contribution in [2.24, 2.45) is 0 Å². The number of ether oxygens (including phenoxy) is 2. The van der Waals surface area contributed by atoms with Gasteiger partial charge in [-0.25, -0.2) is 12.1 Å². The number of halogens is 12. The number of hydrogen-bond donors (Lipinski definition) is 0. The van der Waals surface area contributed by atoms with Crippen molar-refractivity contribution in [2.75, 3.05) is 14.2 Å². The van der Waals surface area contributed by atoms with Crippen LogP contribution in [0.3, 0.4) is 0 Å². The smallest absolute Gasteiger partial charge is 0.496 e. The third-order valence-corrected chi connectivity index (χ3v) is 16.3. The average molecular weight is 1110 g/mol. The Balaban J connectivity index is 0.00000170. The van der Waals surface area contributed by atoms with E-state index in [0.717, 1.165) is 38.5 Å². The first-order chi connectivity index (χ1) is 32.7. The summed E-state index contributed by atoms with van der Waals surface area (Å²) in [5, 5.41) is 0.354. The van der Waals surface area contributed by atoms with Crippen molar-refractivity contribution in [1.29, 1.82) is 0 Å². The number of aryl methyl sites for hydroxylation is 4. The molecular formula is C56H56F12FeO2P2-2. The largest absolute Gasteiger partial charge is 2.00 e. The van der Waals surface area contributed by atoms with Crippen molar-refractivity contribution in [1.82, 2.24) is 0 Å². The van der Waals surface area contributed by atoms with Gasteiger partial charge in [-0.15, -0.1) is 29.9 Å². The Morgan fingerprint density at radius 2 is 0.890 bits per heavy atom. The molecule has 396 valence electrons. The van der Waals surface area contributed by atoms with Crippen molar-refractivity contribution in [3.63, 3.8) is 0 Å². The van der Waals surface area contributed by atoms with Crippen molar-refractivity contribution in [3.8, 4) is 11.5 Å². The molecule has 0 heterocycles. The monoisotopic (exact) mass is 1110 g/mol. The van der Waals surface area contributed by atoms with Gasteiger partial charge in [0.15, 0.2) is 0 Å². The molecule has 2 aliphatic carbocycles. The molecule has 5 aromatic carbocycles. The fraction of sp³-hybridized carbons (Fsp3) is 0.250. The van der Waals surface area contributed by atoms with Crippen LogP contribution >= 0.6 is 15.8 Å². The van der Waals surface area contributed by atoms with Crippen LogP contribution < -0.4 is 30.7 Å². The Hall–Kier alpha value is -5.06. The first-order valence-corrected chi connectivity index (χ1v) is 24.5. The van der Waals surface area contributed by atoms with Crippen LogP contribution in [0.2, 0.25) is 0 Å². The Morgan fingerprint density at radius 1 is 0.521 bits per heavy atom. The molecule has 2 aliphatic rings. The number of benzene rings is 4. The maximum atomic E-state index is 14.3. The molecule has 0 spiro atoms. The van der Waals surface area contributed by atoms with Crippen LogP contribution in [0.25, 0.3) is 0 Å². The van der Waals surface area contributed by atoms with Gasteiger partial charge in [0.05, 0.1) is 36.5 Å². The second-order valence-electron chi connectivity index (χ2n) is 16.0. The molecule has 0 aliphatic heterocycles. The summed E-state index contributed by atoms with van der Waals surface area (Å²) in [7, 11) is -1.25. The van der Waals surface area contributed by atoms with E-state index >= 15 is 0 Å². The van der Waals surface area contributed by atoms with Gasteiger partial charge in [-0.05, 0) is 140 Å². The fourth-order valence-electron chi connectivity index (χ4n) is 8.34. The maximum absolute atomic E-state index is 14.3. The zero-order chi connectivity index (χ0) is 52.1. The molecule has 0 bridgehead atoms. The second kappa shape index (κ2) is 25.9. The van der Waals surface area contributed by atoms with Crippen LogP contribution in [0.4, 0.5) is 52.7 Å². The number of allylic oxidation sites excluding steroid dienone is 10. The molecule has 0 N–H and O–H groups in total. The minimum absolute atomic E-state index is 0. The Labute approximate surface area is 434 Å². The van der Waals surface area contributed by atoms with Gasteiger partial charge in [-0.1, -0.05) is 63.7 Å². The van der Waals surface area contributed by atoms with E-state index in [0.29, 0.717) is 46.9 Å². The standard InChI is InChI=1S/C47H39F12O2P2.C5H5.C2H6.2CH3.Fe/c1-25-15-34(16-26(2)42(25)60-6)63(35-17-27(3)43(61-7)28(4)18-35)41-14-9-8-11-40(41)39-13-10-12-38(39)29(5)62(36-21-30(44(48,49)50)19-31(22-36)45(51,52)53)37-23-32(46(54,55)56)20-33(24-37)47(57,58)59;1-2-4-5-3-1;1-2;;;/h8-24,29H,1-7H3;1-5H;1-2H3;2*1H3;/q2*-1;;2*-1;+2/t29-;;;;;/m1...../s1. The molecule has 0 aromatic heterocycles. The van der Waals surface area contributed by atoms with Gasteiger partial charge in [0.2, 0.25) is 0 Å². The summed E-state index contributed by atoms with van der Waals surface area (Å²) < 4.78 is 183. The van der Waals surface area contributed by atoms with Crippen LogP contribution in [0.5, 0.6) is 11.5 Å². The molecule has 0 radical (unpaired) electrons. The molecule has 73 heavy (non-hydrogen) atoms. The first-order valence-electron chi connectivity index (χ1n) is 21.7. The first kappa shape index (κ1) is 64.1. The van der Waals surface area contributed by atoms with Crippen molar-refractivity contribution >= 4 is 37.1 Å². The molecule has 17 heteroatoms. The molecule has 0 amide bonds. The minimum atomic E-state index is -5.36. The summed E-state index contributed by atoms with van der Waals surface area (Å²) >= 11 is 0. The van der Waals surface area contributed by atoms with E-state index in [1.165, 1.54) is 13.0 Å². The molecule has 2 nitrogen and oxygen atoms in total. The molecule has 1 atom stereocenters. The van der Waals surface area contributed by atoms with Crippen molar-refractivity contribution < 1.29 is 79.2 Å². The van der Waals surface area contributed by atoms with E-state index in [-0.39, 0.29) is 49.6 Å². The Kier molecular flexibility index (Phi) is 22.8. The summed E-state index contributed by atoms with van der Waals surface area (Å²) in [6, 6.07) is 19.2. The zero-order valence-corrected chi connectivity index (χ0v) is 44.8. The Bertz CT molecular complexity index is 2530. The van der Waals surface area contributed by atoms with Gasteiger partial charge in [-0.3, -0.25) is 0 Å². The topological polar surface area (TPSA) is 18.5 Å². The van der Waals surface area contributed by atoms with E-state index in [1.54, 1.807) is 38.5 Å². The van der Waals surface area contributed by atoms with Gasteiger partial charge in [-0.2, -0.15) is 70.9 Å². The number of alkyl halides is 12. The van der Waals surface area contributed by atoms with Crippen molar-refractivity contribution in [2.45, 2.75) is 78.8 Å². The third kappa shape index (κ3) is 15.1. The van der Waals surface area contributed by atoms with Crippen LogP contribution in [0.1, 0.15) is 65.3 Å². The van der Waals surface area contributed by atoms with E-state index in [1.807, 2.05) is 108 Å². The van der Waals surface area contributed by atoms with Gasteiger partial charge >= 0.3 is 41.8 Å². The maximum Gasteiger partial charge on any atom is 2.00 e. The zero-order valence-electron chi connectivity index (χ0n) is 41.9. The molecular weight excluding hydrogens is 1050 g/mol. The molecule has 0 saturated heterocycles. The van der Waals surface area contributed by atoms with E-state index in [9.17, 15) is 52.7 Å². The van der Waals surface area contributed by atoms with Crippen LogP contribution in [0, 0.1) is 48.2 Å². The SMILES string of the molecule is CC.COc1c(C)cc(P(c2cc(C)c(OC)c(C)c2)[C-]2C=CC=CC2=C2C=CC=C2[C@@H](C)P(c2cc(C(F)(F)F)cc(C(F)(F)F)c2)c2cc(C(F)(F)F)cc(C(F)(F)F)c2)cc1C.[CH3-].[CH3-].[Fe+2].c1cc[cH-]c1. The molecule has 0 saturated carbocycles. The van der Waals surface area contributed by atoms with E-state index in [4.69, 9.17) is 9.47 Å². The predicted octanol–water partition coefficient (Wildman–Crippen LogP) is 16.7.